The molecule has 11 nitrogen and oxygen atoms in total. The maximum absolute atomic E-state index is 12.8. The standard InChI is InChI=1S/C18H27N7O4/c1-10(2)3-13(19)16(26)24-14(4-11-6-20-8-22-11)17(27)25-15(18(28)29)5-12-7-21-9-23-12/h6-10,13-15H,3-5,19H2,1-2H3,(H,20,22)(H,21,23)(H,24,26)(H,25,27)(H,28,29)/t13-,14-,15-/m0/s1. The van der Waals surface area contributed by atoms with Gasteiger partial charge in [-0.25, -0.2) is 14.8 Å². The fraction of sp³-hybridized carbons (Fsp3) is 0.500. The van der Waals surface area contributed by atoms with Gasteiger partial charge in [-0.2, -0.15) is 0 Å². The first-order valence-corrected chi connectivity index (χ1v) is 9.29. The highest BCUT2D eigenvalue weighted by atomic mass is 16.4. The lowest BCUT2D eigenvalue weighted by atomic mass is 10.0. The highest BCUT2D eigenvalue weighted by molar-refractivity contribution is 5.92. The molecule has 0 spiro atoms. The van der Waals surface area contributed by atoms with Crippen LogP contribution in [0.4, 0.5) is 0 Å². The third-order valence-corrected chi connectivity index (χ3v) is 4.27. The Morgan fingerprint density at radius 2 is 1.52 bits per heavy atom. The van der Waals surface area contributed by atoms with E-state index in [4.69, 9.17) is 5.73 Å². The Balaban J connectivity index is 2.09. The van der Waals surface area contributed by atoms with Crippen molar-refractivity contribution in [3.63, 3.8) is 0 Å². The monoisotopic (exact) mass is 405 g/mol. The van der Waals surface area contributed by atoms with Crippen molar-refractivity contribution in [2.45, 2.75) is 51.2 Å². The molecule has 2 rings (SSSR count). The Labute approximate surface area is 167 Å². The third-order valence-electron chi connectivity index (χ3n) is 4.27. The van der Waals surface area contributed by atoms with E-state index in [-0.39, 0.29) is 18.8 Å². The van der Waals surface area contributed by atoms with Crippen molar-refractivity contribution in [2.24, 2.45) is 11.7 Å². The topological polar surface area (TPSA) is 179 Å². The molecule has 2 heterocycles. The second kappa shape index (κ2) is 10.4. The lowest BCUT2D eigenvalue weighted by Gasteiger charge is -2.23. The average molecular weight is 405 g/mol. The summed E-state index contributed by atoms with van der Waals surface area (Å²) in [6.07, 6.45) is 6.49. The second-order valence-corrected chi connectivity index (χ2v) is 7.26. The third kappa shape index (κ3) is 7.03. The van der Waals surface area contributed by atoms with E-state index in [2.05, 4.69) is 30.6 Å². The number of carboxylic acid groups (broad SMARTS) is 1. The van der Waals surface area contributed by atoms with Crippen molar-refractivity contribution in [1.29, 1.82) is 0 Å². The number of amides is 2. The normalized spacial score (nSPS) is 14.2. The number of aromatic amines is 2. The number of imidazole rings is 2. The zero-order valence-electron chi connectivity index (χ0n) is 16.4. The summed E-state index contributed by atoms with van der Waals surface area (Å²) in [5.41, 5.74) is 7.09. The van der Waals surface area contributed by atoms with E-state index in [0.717, 1.165) is 0 Å². The van der Waals surface area contributed by atoms with Crippen molar-refractivity contribution in [3.8, 4) is 0 Å². The number of hydrogen-bond acceptors (Lipinski definition) is 6. The van der Waals surface area contributed by atoms with E-state index >= 15 is 0 Å². The quantitative estimate of drug-likeness (QED) is 0.287. The van der Waals surface area contributed by atoms with E-state index in [0.29, 0.717) is 17.8 Å². The summed E-state index contributed by atoms with van der Waals surface area (Å²) in [4.78, 5) is 50.2. The molecule has 0 aliphatic carbocycles. The molecule has 3 atom stereocenters. The number of hydrogen-bond donors (Lipinski definition) is 6. The van der Waals surface area contributed by atoms with Crippen LogP contribution in [0.1, 0.15) is 31.7 Å². The van der Waals surface area contributed by atoms with Gasteiger partial charge in [-0.15, -0.1) is 0 Å². The summed E-state index contributed by atoms with van der Waals surface area (Å²) < 4.78 is 0. The van der Waals surface area contributed by atoms with E-state index in [9.17, 15) is 19.5 Å². The highest BCUT2D eigenvalue weighted by Crippen LogP contribution is 2.06. The molecule has 2 aromatic rings. The summed E-state index contributed by atoms with van der Waals surface area (Å²) >= 11 is 0. The van der Waals surface area contributed by atoms with E-state index < -0.39 is 35.9 Å². The van der Waals surface area contributed by atoms with Crippen molar-refractivity contribution in [1.82, 2.24) is 30.6 Å². The minimum Gasteiger partial charge on any atom is -0.480 e. The maximum Gasteiger partial charge on any atom is 0.326 e. The number of carbonyl (C=O) groups is 3. The van der Waals surface area contributed by atoms with E-state index in [1.54, 1.807) is 0 Å². The van der Waals surface area contributed by atoms with Crippen LogP contribution in [-0.4, -0.2) is 61.0 Å². The molecule has 0 fully saturated rings. The zero-order valence-corrected chi connectivity index (χ0v) is 16.4. The summed E-state index contributed by atoms with van der Waals surface area (Å²) in [5.74, 6) is -2.09. The number of aliphatic carboxylic acids is 1. The van der Waals surface area contributed by atoms with Crippen molar-refractivity contribution in [3.05, 3.63) is 36.4 Å². The van der Waals surface area contributed by atoms with Crippen LogP contribution >= 0.6 is 0 Å². The fourth-order valence-electron chi connectivity index (χ4n) is 2.81. The predicted molar refractivity (Wildman–Crippen MR) is 104 cm³/mol. The number of nitrogens with one attached hydrogen (secondary N) is 4. The van der Waals surface area contributed by atoms with Gasteiger partial charge in [0.2, 0.25) is 11.8 Å². The molecular weight excluding hydrogens is 378 g/mol. The molecular formula is C18H27N7O4. The van der Waals surface area contributed by atoms with Gasteiger partial charge in [-0.1, -0.05) is 13.8 Å². The van der Waals surface area contributed by atoms with Crippen LogP contribution in [0.25, 0.3) is 0 Å². The molecule has 0 unspecified atom stereocenters. The minimum atomic E-state index is -1.20. The van der Waals surface area contributed by atoms with Gasteiger partial charge in [0.25, 0.3) is 0 Å². The Hall–Kier alpha value is -3.21. The number of nitrogens with zero attached hydrogens (tertiary/aromatic N) is 2. The SMILES string of the molecule is CC(C)C[C@H](N)C(=O)N[C@@H](Cc1cnc[nH]1)C(=O)N[C@@H](Cc1cnc[nH]1)C(=O)O. The first-order chi connectivity index (χ1) is 13.8. The van der Waals surface area contributed by atoms with Gasteiger partial charge in [0.15, 0.2) is 0 Å². The van der Waals surface area contributed by atoms with Gasteiger partial charge >= 0.3 is 5.97 Å². The van der Waals surface area contributed by atoms with E-state index in [1.807, 2.05) is 13.8 Å². The molecule has 0 saturated carbocycles. The predicted octanol–water partition coefficient (Wildman–Crippen LogP) is -0.654. The van der Waals surface area contributed by atoms with Crippen molar-refractivity contribution in [2.75, 3.05) is 0 Å². The van der Waals surface area contributed by atoms with Crippen LogP contribution in [0.3, 0.4) is 0 Å². The average Bonchev–Trinajstić information content (AvgIpc) is 3.33. The molecule has 0 saturated heterocycles. The van der Waals surface area contributed by atoms with Gasteiger partial charge in [-0.05, 0) is 12.3 Å². The van der Waals surface area contributed by atoms with Crippen LogP contribution < -0.4 is 16.4 Å². The number of carboxylic acids is 1. The highest BCUT2D eigenvalue weighted by Gasteiger charge is 2.29. The number of rotatable bonds is 11. The molecule has 29 heavy (non-hydrogen) atoms. The van der Waals surface area contributed by atoms with Gasteiger partial charge in [-0.3, -0.25) is 9.59 Å². The Kier molecular flexibility index (Phi) is 7.89. The molecule has 7 N–H and O–H groups in total. The van der Waals surface area contributed by atoms with Gasteiger partial charge in [0, 0.05) is 36.6 Å². The molecule has 0 radical (unpaired) electrons. The smallest absolute Gasteiger partial charge is 0.326 e. The largest absolute Gasteiger partial charge is 0.480 e. The van der Waals surface area contributed by atoms with Gasteiger partial charge < -0.3 is 31.4 Å². The second-order valence-electron chi connectivity index (χ2n) is 7.26. The fourth-order valence-corrected chi connectivity index (χ4v) is 2.81. The summed E-state index contributed by atoms with van der Waals surface area (Å²) in [7, 11) is 0. The number of aromatic nitrogens is 4. The first kappa shape index (κ1) is 22.1. The van der Waals surface area contributed by atoms with Crippen LogP contribution in [-0.2, 0) is 27.2 Å². The van der Waals surface area contributed by atoms with Gasteiger partial charge in [0.05, 0.1) is 18.7 Å². The number of carbonyl (C=O) groups excluding carboxylic acids is 2. The molecule has 0 aliphatic heterocycles. The Morgan fingerprint density at radius 3 is 1.97 bits per heavy atom. The summed E-state index contributed by atoms with van der Waals surface area (Å²) in [6, 6.07) is -2.97. The molecule has 0 aliphatic rings. The van der Waals surface area contributed by atoms with Gasteiger partial charge in [0.1, 0.15) is 12.1 Å². The van der Waals surface area contributed by atoms with E-state index in [1.165, 1.54) is 25.0 Å². The van der Waals surface area contributed by atoms with Crippen LogP contribution in [0.15, 0.2) is 25.0 Å². The van der Waals surface area contributed by atoms with Crippen LogP contribution in [0.5, 0.6) is 0 Å². The maximum atomic E-state index is 12.8. The zero-order chi connectivity index (χ0) is 21.4. The number of nitrogens with two attached hydrogens (primary N) is 1. The molecule has 158 valence electrons. The Morgan fingerprint density at radius 1 is 1.00 bits per heavy atom. The summed E-state index contributed by atoms with van der Waals surface area (Å²) in [5, 5.41) is 14.6. The molecule has 2 aromatic heterocycles. The molecule has 0 bridgehead atoms. The molecule has 2 amide bonds. The minimum absolute atomic E-state index is 0.0264. The van der Waals surface area contributed by atoms with Crippen LogP contribution in [0, 0.1) is 5.92 Å². The number of H-pyrrole nitrogens is 2. The van der Waals surface area contributed by atoms with Crippen molar-refractivity contribution >= 4 is 17.8 Å². The molecule has 11 heteroatoms. The lowest BCUT2D eigenvalue weighted by Crippen LogP contribution is -2.55. The molecule has 0 aromatic carbocycles. The first-order valence-electron chi connectivity index (χ1n) is 9.29. The van der Waals surface area contributed by atoms with Crippen LogP contribution in [0.2, 0.25) is 0 Å². The lowest BCUT2D eigenvalue weighted by molar-refractivity contribution is -0.142. The van der Waals surface area contributed by atoms with Crippen molar-refractivity contribution < 1.29 is 19.5 Å². The summed E-state index contributed by atoms with van der Waals surface area (Å²) in [6.45, 7) is 3.88. The Bertz CT molecular complexity index is 789.